The number of nitrogens with one attached hydrogen (secondary N) is 2. The fraction of sp³-hybridized carbons (Fsp3) is 0.176. The summed E-state index contributed by atoms with van der Waals surface area (Å²) in [6.45, 7) is 4.12. The second-order valence-electron chi connectivity index (χ2n) is 5.51. The lowest BCUT2D eigenvalue weighted by molar-refractivity contribution is 0.100. The van der Waals surface area contributed by atoms with Crippen molar-refractivity contribution in [1.29, 1.82) is 0 Å². The van der Waals surface area contributed by atoms with Crippen molar-refractivity contribution in [2.75, 3.05) is 5.32 Å². The summed E-state index contributed by atoms with van der Waals surface area (Å²) in [6, 6.07) is 16.9. The Kier molecular flexibility index (Phi) is 4.78. The largest absolute Gasteiger partial charge is 0.366 e. The number of carbonyl (C=O) groups is 1. The molecule has 0 bridgehead atoms. The molecule has 0 fully saturated rings. The first kappa shape index (κ1) is 16.0. The van der Waals surface area contributed by atoms with Gasteiger partial charge in [0.1, 0.15) is 0 Å². The van der Waals surface area contributed by atoms with E-state index in [1.54, 1.807) is 24.3 Å². The number of benzene rings is 2. The van der Waals surface area contributed by atoms with Crippen LogP contribution in [0.25, 0.3) is 0 Å². The van der Waals surface area contributed by atoms with Crippen molar-refractivity contribution < 1.29 is 4.79 Å². The van der Waals surface area contributed by atoms with Crippen LogP contribution in [0.2, 0.25) is 0 Å². The van der Waals surface area contributed by atoms with E-state index < -0.39 is 5.91 Å². The Bertz CT molecular complexity index is 666. The fourth-order valence-electron chi connectivity index (χ4n) is 2.09. The summed E-state index contributed by atoms with van der Waals surface area (Å²) in [4.78, 5) is 11.0. The molecule has 0 aliphatic rings. The Balaban J connectivity index is 2.02. The zero-order valence-corrected chi connectivity index (χ0v) is 13.4. The zero-order valence-electron chi connectivity index (χ0n) is 12.6. The summed E-state index contributed by atoms with van der Waals surface area (Å²) >= 11 is 5.35. The molecule has 0 aliphatic carbocycles. The molecular weight excluding hydrogens is 294 g/mol. The van der Waals surface area contributed by atoms with Gasteiger partial charge in [0.25, 0.3) is 0 Å². The van der Waals surface area contributed by atoms with Gasteiger partial charge < -0.3 is 16.4 Å². The van der Waals surface area contributed by atoms with E-state index in [9.17, 15) is 4.79 Å². The lowest BCUT2D eigenvalue weighted by atomic mass is 9.95. The third-order valence-electron chi connectivity index (χ3n) is 3.35. The average molecular weight is 313 g/mol. The normalized spacial score (nSPS) is 10.8. The topological polar surface area (TPSA) is 67.2 Å². The molecule has 0 unspecified atom stereocenters. The van der Waals surface area contributed by atoms with Crippen LogP contribution in [0.4, 0.5) is 5.69 Å². The molecule has 0 aliphatic heterocycles. The van der Waals surface area contributed by atoms with Gasteiger partial charge in [0.2, 0.25) is 5.91 Å². The molecule has 4 N–H and O–H groups in total. The van der Waals surface area contributed by atoms with Crippen LogP contribution >= 0.6 is 12.2 Å². The van der Waals surface area contributed by atoms with E-state index >= 15 is 0 Å². The maximum Gasteiger partial charge on any atom is 0.248 e. The van der Waals surface area contributed by atoms with Gasteiger partial charge in [-0.15, -0.1) is 0 Å². The van der Waals surface area contributed by atoms with Crippen molar-refractivity contribution in [1.82, 2.24) is 5.32 Å². The SMILES string of the molecule is CC(C)(NC(=S)Nc1ccc(C(N)=O)cc1)c1ccccc1. The highest BCUT2D eigenvalue weighted by Crippen LogP contribution is 2.19. The number of nitrogens with two attached hydrogens (primary N) is 1. The molecule has 2 rings (SSSR count). The van der Waals surface area contributed by atoms with Gasteiger partial charge in [0.05, 0.1) is 5.54 Å². The minimum absolute atomic E-state index is 0.293. The summed E-state index contributed by atoms with van der Waals surface area (Å²) < 4.78 is 0. The van der Waals surface area contributed by atoms with Crippen LogP contribution in [-0.4, -0.2) is 11.0 Å². The first-order chi connectivity index (χ1) is 10.4. The van der Waals surface area contributed by atoms with Gasteiger partial charge in [-0.1, -0.05) is 30.3 Å². The molecule has 0 spiro atoms. The smallest absolute Gasteiger partial charge is 0.248 e. The number of hydrogen-bond acceptors (Lipinski definition) is 2. The predicted molar refractivity (Wildman–Crippen MR) is 93.8 cm³/mol. The number of anilines is 1. The van der Waals surface area contributed by atoms with Gasteiger partial charge in [0.15, 0.2) is 5.11 Å². The Hall–Kier alpha value is -2.40. The molecule has 0 radical (unpaired) electrons. The minimum atomic E-state index is -0.447. The molecule has 5 heteroatoms. The van der Waals surface area contributed by atoms with Gasteiger partial charge in [-0.25, -0.2) is 0 Å². The van der Waals surface area contributed by atoms with Crippen LogP contribution in [0.15, 0.2) is 54.6 Å². The third kappa shape index (κ3) is 4.05. The number of carbonyl (C=O) groups excluding carboxylic acids is 1. The van der Waals surface area contributed by atoms with E-state index in [0.717, 1.165) is 11.3 Å². The van der Waals surface area contributed by atoms with Gasteiger partial charge in [0, 0.05) is 11.3 Å². The van der Waals surface area contributed by atoms with E-state index in [-0.39, 0.29) is 5.54 Å². The molecule has 2 aromatic carbocycles. The summed E-state index contributed by atoms with van der Waals surface area (Å²) in [7, 11) is 0. The van der Waals surface area contributed by atoms with E-state index in [0.29, 0.717) is 10.7 Å². The predicted octanol–water partition coefficient (Wildman–Crippen LogP) is 3.01. The Morgan fingerprint density at radius 2 is 1.64 bits per heavy atom. The molecule has 1 amide bonds. The molecule has 0 atom stereocenters. The fourth-order valence-corrected chi connectivity index (χ4v) is 2.46. The van der Waals surface area contributed by atoms with Crippen molar-refractivity contribution in [2.45, 2.75) is 19.4 Å². The molecule has 0 saturated heterocycles. The summed E-state index contributed by atoms with van der Waals surface area (Å²) in [5, 5.41) is 6.90. The molecule has 22 heavy (non-hydrogen) atoms. The molecule has 114 valence electrons. The van der Waals surface area contributed by atoms with E-state index in [1.165, 1.54) is 0 Å². The Morgan fingerprint density at radius 3 is 2.18 bits per heavy atom. The van der Waals surface area contributed by atoms with Crippen molar-refractivity contribution in [3.63, 3.8) is 0 Å². The number of primary amides is 1. The monoisotopic (exact) mass is 313 g/mol. The van der Waals surface area contributed by atoms with Crippen molar-refractivity contribution in [3.05, 3.63) is 65.7 Å². The van der Waals surface area contributed by atoms with Crippen LogP contribution in [0.5, 0.6) is 0 Å². The van der Waals surface area contributed by atoms with Crippen molar-refractivity contribution in [2.24, 2.45) is 5.73 Å². The van der Waals surface area contributed by atoms with Crippen LogP contribution in [0.3, 0.4) is 0 Å². The molecule has 0 heterocycles. The number of thiocarbonyl (C=S) groups is 1. The number of rotatable bonds is 4. The lowest BCUT2D eigenvalue weighted by Crippen LogP contribution is -2.43. The van der Waals surface area contributed by atoms with Crippen molar-refractivity contribution >= 4 is 28.9 Å². The highest BCUT2D eigenvalue weighted by atomic mass is 32.1. The Morgan fingerprint density at radius 1 is 1.05 bits per heavy atom. The van der Waals surface area contributed by atoms with Gasteiger partial charge >= 0.3 is 0 Å². The highest BCUT2D eigenvalue weighted by molar-refractivity contribution is 7.80. The number of amides is 1. The maximum atomic E-state index is 11.0. The summed E-state index contributed by atoms with van der Waals surface area (Å²) in [5.74, 6) is -0.447. The molecular formula is C17H19N3OS. The first-order valence-electron chi connectivity index (χ1n) is 6.93. The first-order valence-corrected chi connectivity index (χ1v) is 7.34. The highest BCUT2D eigenvalue weighted by Gasteiger charge is 2.20. The molecule has 0 saturated carbocycles. The van der Waals surface area contributed by atoms with Gasteiger partial charge in [-0.3, -0.25) is 4.79 Å². The number of hydrogen-bond donors (Lipinski definition) is 3. The zero-order chi connectivity index (χ0) is 16.2. The van der Waals surface area contributed by atoms with Crippen LogP contribution in [-0.2, 0) is 5.54 Å². The maximum absolute atomic E-state index is 11.0. The van der Waals surface area contributed by atoms with Crippen LogP contribution in [0, 0.1) is 0 Å². The van der Waals surface area contributed by atoms with E-state index in [1.807, 2.05) is 18.2 Å². The summed E-state index contributed by atoms with van der Waals surface area (Å²) in [5.41, 5.74) is 7.33. The molecule has 2 aromatic rings. The molecule has 0 aromatic heterocycles. The lowest BCUT2D eigenvalue weighted by Gasteiger charge is -2.28. The van der Waals surface area contributed by atoms with Gasteiger partial charge in [-0.05, 0) is 55.9 Å². The van der Waals surface area contributed by atoms with E-state index in [4.69, 9.17) is 18.0 Å². The second kappa shape index (κ2) is 6.58. The third-order valence-corrected chi connectivity index (χ3v) is 3.55. The quantitative estimate of drug-likeness (QED) is 0.759. The Labute approximate surface area is 135 Å². The minimum Gasteiger partial charge on any atom is -0.366 e. The van der Waals surface area contributed by atoms with E-state index in [2.05, 4.69) is 36.6 Å². The standard InChI is InChI=1S/C17H19N3OS/c1-17(2,13-6-4-3-5-7-13)20-16(22)19-14-10-8-12(9-11-14)15(18)21/h3-11H,1-2H3,(H2,18,21)(H2,19,20,22). The molecule has 4 nitrogen and oxygen atoms in total. The van der Waals surface area contributed by atoms with Crippen LogP contribution in [0.1, 0.15) is 29.8 Å². The summed E-state index contributed by atoms with van der Waals surface area (Å²) in [6.07, 6.45) is 0. The van der Waals surface area contributed by atoms with Crippen LogP contribution < -0.4 is 16.4 Å². The van der Waals surface area contributed by atoms with Gasteiger partial charge in [-0.2, -0.15) is 0 Å². The second-order valence-corrected chi connectivity index (χ2v) is 5.92. The average Bonchev–Trinajstić information content (AvgIpc) is 2.48. The van der Waals surface area contributed by atoms with Crippen molar-refractivity contribution in [3.8, 4) is 0 Å².